The monoisotopic (exact) mass is 227 g/mol. The Balaban J connectivity index is 2.10. The van der Waals surface area contributed by atoms with Gasteiger partial charge in [0.15, 0.2) is 5.76 Å². The van der Waals surface area contributed by atoms with Crippen LogP contribution >= 0.6 is 0 Å². The number of aromatic amines is 1. The minimum atomic E-state index is 0.767. The van der Waals surface area contributed by atoms with E-state index >= 15 is 0 Å². The maximum Gasteiger partial charge on any atom is 0.153 e. The van der Waals surface area contributed by atoms with Crippen LogP contribution in [0.4, 0.5) is 0 Å². The Bertz CT molecular complexity index is 606. The average molecular weight is 227 g/mol. The Morgan fingerprint density at radius 2 is 2.24 bits per heavy atom. The summed E-state index contributed by atoms with van der Waals surface area (Å²) in [6.45, 7) is 0.767. The van der Waals surface area contributed by atoms with Crippen molar-refractivity contribution in [2.75, 3.05) is 7.05 Å². The van der Waals surface area contributed by atoms with Gasteiger partial charge in [0.25, 0.3) is 0 Å². The van der Waals surface area contributed by atoms with Crippen LogP contribution in [-0.2, 0) is 6.54 Å². The highest BCUT2D eigenvalue weighted by Crippen LogP contribution is 2.28. The summed E-state index contributed by atoms with van der Waals surface area (Å²) >= 11 is 0. The maximum atomic E-state index is 5.80. The molecule has 0 aliphatic rings. The number of hydrogen-bond donors (Lipinski definition) is 2. The molecule has 2 heterocycles. The zero-order chi connectivity index (χ0) is 11.7. The molecule has 0 aliphatic carbocycles. The minimum Gasteiger partial charge on any atom is -0.454 e. The second kappa shape index (κ2) is 4.07. The van der Waals surface area contributed by atoms with Crippen molar-refractivity contribution in [2.24, 2.45) is 0 Å². The predicted molar refractivity (Wildman–Crippen MR) is 66.6 cm³/mol. The minimum absolute atomic E-state index is 0.767. The third-order valence-electron chi connectivity index (χ3n) is 2.76. The van der Waals surface area contributed by atoms with E-state index in [-0.39, 0.29) is 0 Å². The van der Waals surface area contributed by atoms with Crippen LogP contribution in [0.25, 0.3) is 22.4 Å². The maximum absolute atomic E-state index is 5.80. The molecule has 2 aromatic heterocycles. The molecule has 0 fully saturated rings. The van der Waals surface area contributed by atoms with Crippen LogP contribution in [0.2, 0.25) is 0 Å². The summed E-state index contributed by atoms with van der Waals surface area (Å²) in [5.41, 5.74) is 2.94. The van der Waals surface area contributed by atoms with Crippen LogP contribution in [0, 0.1) is 0 Å². The Morgan fingerprint density at radius 3 is 3.06 bits per heavy atom. The highest BCUT2D eigenvalue weighted by Gasteiger charge is 2.11. The lowest BCUT2D eigenvalue weighted by Gasteiger charge is -1.98. The third kappa shape index (κ3) is 1.72. The smallest absolute Gasteiger partial charge is 0.153 e. The fraction of sp³-hybridized carbons (Fsp3) is 0.154. The molecule has 86 valence electrons. The predicted octanol–water partition coefficient (Wildman–Crippen LogP) is 2.54. The van der Waals surface area contributed by atoms with Gasteiger partial charge in [0, 0.05) is 17.5 Å². The first kappa shape index (κ1) is 10.1. The van der Waals surface area contributed by atoms with E-state index in [4.69, 9.17) is 4.42 Å². The van der Waals surface area contributed by atoms with Crippen molar-refractivity contribution in [2.45, 2.75) is 6.54 Å². The van der Waals surface area contributed by atoms with Crippen LogP contribution in [0.1, 0.15) is 5.56 Å². The summed E-state index contributed by atoms with van der Waals surface area (Å²) in [5, 5.41) is 11.3. The van der Waals surface area contributed by atoms with E-state index in [0.29, 0.717) is 0 Å². The second-order valence-corrected chi connectivity index (χ2v) is 3.95. The van der Waals surface area contributed by atoms with Gasteiger partial charge in [-0.1, -0.05) is 18.2 Å². The number of nitrogens with one attached hydrogen (secondary N) is 2. The number of H-pyrrole nitrogens is 1. The fourth-order valence-electron chi connectivity index (χ4n) is 1.95. The van der Waals surface area contributed by atoms with Gasteiger partial charge in [-0.25, -0.2) is 0 Å². The lowest BCUT2D eigenvalue weighted by molar-refractivity contribution is 0.626. The number of hydrogen-bond acceptors (Lipinski definition) is 3. The zero-order valence-electron chi connectivity index (χ0n) is 9.53. The van der Waals surface area contributed by atoms with Gasteiger partial charge in [-0.3, -0.25) is 5.10 Å². The molecule has 0 radical (unpaired) electrons. The van der Waals surface area contributed by atoms with Crippen molar-refractivity contribution in [1.82, 2.24) is 15.5 Å². The Hall–Kier alpha value is -2.07. The lowest BCUT2D eigenvalue weighted by Crippen LogP contribution is -2.04. The van der Waals surface area contributed by atoms with Gasteiger partial charge in [-0.2, -0.15) is 5.10 Å². The second-order valence-electron chi connectivity index (χ2n) is 3.95. The molecular weight excluding hydrogens is 214 g/mol. The fourth-order valence-corrected chi connectivity index (χ4v) is 1.95. The van der Waals surface area contributed by atoms with Gasteiger partial charge in [0.1, 0.15) is 11.3 Å². The van der Waals surface area contributed by atoms with Crippen LogP contribution in [0.3, 0.4) is 0 Å². The summed E-state index contributed by atoms with van der Waals surface area (Å²) in [7, 11) is 1.91. The van der Waals surface area contributed by atoms with Crippen molar-refractivity contribution >= 4 is 11.0 Å². The molecule has 17 heavy (non-hydrogen) atoms. The lowest BCUT2D eigenvalue weighted by atomic mass is 10.2. The molecule has 0 amide bonds. The molecule has 0 bridgehead atoms. The molecule has 0 unspecified atom stereocenters. The molecule has 0 aliphatic heterocycles. The highest BCUT2D eigenvalue weighted by atomic mass is 16.3. The van der Waals surface area contributed by atoms with Crippen LogP contribution in [-0.4, -0.2) is 17.2 Å². The van der Waals surface area contributed by atoms with Crippen molar-refractivity contribution in [1.29, 1.82) is 0 Å². The number of furan rings is 1. The van der Waals surface area contributed by atoms with Crippen molar-refractivity contribution in [3.05, 3.63) is 42.1 Å². The van der Waals surface area contributed by atoms with Gasteiger partial charge in [0.05, 0.1) is 6.20 Å². The zero-order valence-corrected chi connectivity index (χ0v) is 9.53. The van der Waals surface area contributed by atoms with E-state index < -0.39 is 0 Å². The van der Waals surface area contributed by atoms with Gasteiger partial charge >= 0.3 is 0 Å². The van der Waals surface area contributed by atoms with Crippen molar-refractivity contribution in [3.8, 4) is 11.5 Å². The van der Waals surface area contributed by atoms with Gasteiger partial charge in [-0.05, 0) is 19.2 Å². The molecule has 0 spiro atoms. The average Bonchev–Trinajstić information content (AvgIpc) is 2.94. The number of fused-ring (bicyclic) bond motifs is 1. The summed E-state index contributed by atoms with van der Waals surface area (Å²) < 4.78 is 5.80. The van der Waals surface area contributed by atoms with Crippen LogP contribution < -0.4 is 5.32 Å². The third-order valence-corrected chi connectivity index (χ3v) is 2.76. The molecule has 1 aromatic carbocycles. The van der Waals surface area contributed by atoms with E-state index in [1.165, 1.54) is 0 Å². The van der Waals surface area contributed by atoms with Gasteiger partial charge in [0.2, 0.25) is 0 Å². The normalized spacial score (nSPS) is 11.1. The number of rotatable bonds is 3. The summed E-state index contributed by atoms with van der Waals surface area (Å²) in [6, 6.07) is 10.0. The van der Waals surface area contributed by atoms with Gasteiger partial charge in [-0.15, -0.1) is 0 Å². The molecule has 4 heteroatoms. The standard InChI is InChI=1S/C13H13N3O/c1-14-7-10-8-15-16-13(10)12-6-9-4-2-3-5-11(9)17-12/h2-6,8,14H,7H2,1H3,(H,15,16). The summed E-state index contributed by atoms with van der Waals surface area (Å²) in [5.74, 6) is 0.828. The molecule has 2 N–H and O–H groups in total. The van der Waals surface area contributed by atoms with E-state index in [1.54, 1.807) is 0 Å². The molecule has 0 saturated carbocycles. The Labute approximate surface area is 98.6 Å². The molecule has 3 aromatic rings. The first-order valence-electron chi connectivity index (χ1n) is 5.54. The summed E-state index contributed by atoms with van der Waals surface area (Å²) in [4.78, 5) is 0. The Kier molecular flexibility index (Phi) is 2.42. The van der Waals surface area contributed by atoms with Crippen LogP contribution in [0.15, 0.2) is 40.9 Å². The van der Waals surface area contributed by atoms with Crippen molar-refractivity contribution < 1.29 is 4.42 Å². The molecule has 0 saturated heterocycles. The molecular formula is C13H13N3O. The number of benzene rings is 1. The van der Waals surface area contributed by atoms with E-state index in [1.807, 2.05) is 43.6 Å². The largest absolute Gasteiger partial charge is 0.454 e. The first-order chi connectivity index (χ1) is 8.38. The van der Waals surface area contributed by atoms with Gasteiger partial charge < -0.3 is 9.73 Å². The molecule has 0 atom stereocenters. The number of nitrogens with zero attached hydrogens (tertiary/aromatic N) is 1. The quantitative estimate of drug-likeness (QED) is 0.723. The molecule has 4 nitrogen and oxygen atoms in total. The Morgan fingerprint density at radius 1 is 1.35 bits per heavy atom. The highest BCUT2D eigenvalue weighted by molar-refractivity contribution is 5.82. The van der Waals surface area contributed by atoms with E-state index in [0.717, 1.165) is 34.5 Å². The van der Waals surface area contributed by atoms with Crippen LogP contribution in [0.5, 0.6) is 0 Å². The number of aromatic nitrogens is 2. The first-order valence-corrected chi connectivity index (χ1v) is 5.54. The number of para-hydroxylation sites is 1. The van der Waals surface area contributed by atoms with E-state index in [2.05, 4.69) is 15.5 Å². The topological polar surface area (TPSA) is 53.9 Å². The SMILES string of the molecule is CNCc1cn[nH]c1-c1cc2ccccc2o1. The van der Waals surface area contributed by atoms with E-state index in [9.17, 15) is 0 Å². The van der Waals surface area contributed by atoms with Crippen molar-refractivity contribution in [3.63, 3.8) is 0 Å². The molecule has 3 rings (SSSR count). The summed E-state index contributed by atoms with van der Waals surface area (Å²) in [6.07, 6.45) is 1.82.